The Morgan fingerprint density at radius 2 is 1.83 bits per heavy atom. The summed E-state index contributed by atoms with van der Waals surface area (Å²) in [7, 11) is 0. The van der Waals surface area contributed by atoms with Gasteiger partial charge in [0, 0.05) is 38.9 Å². The Labute approximate surface area is 168 Å². The van der Waals surface area contributed by atoms with Crippen molar-refractivity contribution in [2.45, 2.75) is 6.54 Å². The van der Waals surface area contributed by atoms with E-state index in [-0.39, 0.29) is 24.7 Å². The van der Waals surface area contributed by atoms with Crippen LogP contribution in [-0.2, 0) is 11.3 Å². The summed E-state index contributed by atoms with van der Waals surface area (Å²) >= 11 is 0. The Bertz CT molecular complexity index is 842. The number of nitrogens with one attached hydrogen (secondary N) is 3. The molecule has 0 saturated carbocycles. The molecule has 1 aromatic heterocycles. The zero-order chi connectivity index (χ0) is 20.5. The Hall–Kier alpha value is -3.20. The van der Waals surface area contributed by atoms with E-state index in [1.807, 2.05) is 12.1 Å². The van der Waals surface area contributed by atoms with Gasteiger partial charge in [-0.3, -0.25) is 4.79 Å². The fraction of sp³-hybridized carbons (Fsp3) is 0.350. The van der Waals surface area contributed by atoms with Gasteiger partial charge in [0.25, 0.3) is 5.91 Å². The van der Waals surface area contributed by atoms with Crippen LogP contribution in [0.5, 0.6) is 0 Å². The number of amides is 3. The molecule has 1 aliphatic heterocycles. The molecule has 0 bridgehead atoms. The third kappa shape index (κ3) is 6.15. The summed E-state index contributed by atoms with van der Waals surface area (Å²) < 4.78 is 18.9. The fourth-order valence-electron chi connectivity index (χ4n) is 2.87. The van der Waals surface area contributed by atoms with Gasteiger partial charge in [0.15, 0.2) is 0 Å². The minimum Gasteiger partial charge on any atom is -0.378 e. The summed E-state index contributed by atoms with van der Waals surface area (Å²) in [5, 5.41) is 7.98. The highest BCUT2D eigenvalue weighted by atomic mass is 19.1. The van der Waals surface area contributed by atoms with Gasteiger partial charge >= 0.3 is 6.03 Å². The Morgan fingerprint density at radius 1 is 1.07 bits per heavy atom. The van der Waals surface area contributed by atoms with Gasteiger partial charge in [-0.05, 0) is 29.8 Å². The molecule has 0 spiro atoms. The highest BCUT2D eigenvalue weighted by Gasteiger charge is 2.13. The maximum Gasteiger partial charge on any atom is 0.315 e. The molecule has 2 heterocycles. The molecule has 3 rings (SSSR count). The van der Waals surface area contributed by atoms with Crippen molar-refractivity contribution in [3.63, 3.8) is 0 Å². The molecule has 0 aliphatic carbocycles. The maximum atomic E-state index is 13.5. The van der Waals surface area contributed by atoms with E-state index in [4.69, 9.17) is 4.74 Å². The van der Waals surface area contributed by atoms with Crippen LogP contribution >= 0.6 is 0 Å². The van der Waals surface area contributed by atoms with Crippen LogP contribution in [0.4, 0.5) is 15.0 Å². The normalized spacial score (nSPS) is 13.6. The molecule has 8 nitrogen and oxygen atoms in total. The quantitative estimate of drug-likeness (QED) is 0.608. The van der Waals surface area contributed by atoms with Crippen LogP contribution in [-0.4, -0.2) is 56.3 Å². The first-order chi connectivity index (χ1) is 14.1. The number of halogens is 1. The molecule has 1 aromatic carbocycles. The van der Waals surface area contributed by atoms with Crippen LogP contribution in [0.15, 0.2) is 42.6 Å². The van der Waals surface area contributed by atoms with E-state index in [0.29, 0.717) is 19.8 Å². The molecule has 0 atom stereocenters. The average Bonchev–Trinajstić information content (AvgIpc) is 2.76. The predicted molar refractivity (Wildman–Crippen MR) is 106 cm³/mol. The lowest BCUT2D eigenvalue weighted by Gasteiger charge is -2.28. The number of morpholine rings is 1. The van der Waals surface area contributed by atoms with Gasteiger partial charge in [-0.25, -0.2) is 14.2 Å². The van der Waals surface area contributed by atoms with E-state index in [9.17, 15) is 14.0 Å². The first-order valence-corrected chi connectivity index (χ1v) is 9.45. The molecule has 1 fully saturated rings. The van der Waals surface area contributed by atoms with Crippen molar-refractivity contribution in [2.75, 3.05) is 44.3 Å². The second-order valence-corrected chi connectivity index (χ2v) is 6.47. The van der Waals surface area contributed by atoms with Crippen molar-refractivity contribution in [1.29, 1.82) is 0 Å². The molecule has 0 radical (unpaired) electrons. The molecule has 3 N–H and O–H groups in total. The van der Waals surface area contributed by atoms with Crippen LogP contribution in [0.2, 0.25) is 0 Å². The third-order valence-corrected chi connectivity index (χ3v) is 4.41. The number of ether oxygens (including phenoxy) is 1. The number of rotatable bonds is 7. The third-order valence-electron chi connectivity index (χ3n) is 4.41. The number of urea groups is 1. The second-order valence-electron chi connectivity index (χ2n) is 6.47. The van der Waals surface area contributed by atoms with E-state index >= 15 is 0 Å². The highest BCUT2D eigenvalue weighted by molar-refractivity contribution is 5.94. The van der Waals surface area contributed by atoms with Gasteiger partial charge in [-0.1, -0.05) is 12.1 Å². The van der Waals surface area contributed by atoms with Crippen molar-refractivity contribution in [2.24, 2.45) is 0 Å². The lowest BCUT2D eigenvalue weighted by Crippen LogP contribution is -2.40. The SMILES string of the molecule is O=C(NCCNC(=O)c1ccccc1F)NCc1ccnc(N2CCOCC2)c1. The van der Waals surface area contributed by atoms with Crippen molar-refractivity contribution in [3.05, 3.63) is 59.5 Å². The molecular weight excluding hydrogens is 377 g/mol. The van der Waals surface area contributed by atoms with Gasteiger partial charge in [0.2, 0.25) is 0 Å². The second kappa shape index (κ2) is 10.4. The van der Waals surface area contributed by atoms with Crippen LogP contribution in [0.25, 0.3) is 0 Å². The van der Waals surface area contributed by atoms with Gasteiger partial charge in [0.05, 0.1) is 18.8 Å². The molecule has 3 amide bonds. The Balaban J connectivity index is 1.37. The molecular formula is C20H24FN5O3. The van der Waals surface area contributed by atoms with E-state index < -0.39 is 11.7 Å². The minimum atomic E-state index is -0.579. The number of carbonyl (C=O) groups is 2. The monoisotopic (exact) mass is 401 g/mol. The van der Waals surface area contributed by atoms with E-state index in [2.05, 4.69) is 25.8 Å². The highest BCUT2D eigenvalue weighted by Crippen LogP contribution is 2.14. The first-order valence-electron chi connectivity index (χ1n) is 9.45. The summed E-state index contributed by atoms with van der Waals surface area (Å²) in [5.74, 6) is -0.230. The predicted octanol–water partition coefficient (Wildman–Crippen LogP) is 1.29. The van der Waals surface area contributed by atoms with Crippen LogP contribution in [0.1, 0.15) is 15.9 Å². The molecule has 29 heavy (non-hydrogen) atoms. The molecule has 9 heteroatoms. The number of carbonyl (C=O) groups excluding carboxylic acids is 2. The van der Waals surface area contributed by atoms with Gasteiger partial charge in [0.1, 0.15) is 11.6 Å². The van der Waals surface area contributed by atoms with E-state index in [1.54, 1.807) is 12.3 Å². The van der Waals surface area contributed by atoms with Crippen LogP contribution < -0.4 is 20.9 Å². The summed E-state index contributed by atoms with van der Waals surface area (Å²) in [6.07, 6.45) is 1.72. The molecule has 154 valence electrons. The smallest absolute Gasteiger partial charge is 0.315 e. The van der Waals surface area contributed by atoms with Crippen LogP contribution in [0, 0.1) is 5.82 Å². The van der Waals surface area contributed by atoms with E-state index in [0.717, 1.165) is 24.5 Å². The first kappa shape index (κ1) is 20.5. The number of benzene rings is 1. The number of anilines is 1. The van der Waals surface area contributed by atoms with E-state index in [1.165, 1.54) is 18.2 Å². The number of hydrogen-bond donors (Lipinski definition) is 3. The minimum absolute atomic E-state index is 0.0225. The maximum absolute atomic E-state index is 13.5. The molecule has 0 unspecified atom stereocenters. The van der Waals surface area contributed by atoms with Crippen molar-refractivity contribution < 1.29 is 18.7 Å². The summed E-state index contributed by atoms with van der Waals surface area (Å²) in [5.41, 5.74) is 0.912. The topological polar surface area (TPSA) is 95.6 Å². The molecule has 2 aromatic rings. The largest absolute Gasteiger partial charge is 0.378 e. The van der Waals surface area contributed by atoms with Crippen molar-refractivity contribution in [1.82, 2.24) is 20.9 Å². The van der Waals surface area contributed by atoms with Gasteiger partial charge in [-0.2, -0.15) is 0 Å². The van der Waals surface area contributed by atoms with Gasteiger partial charge in [-0.15, -0.1) is 0 Å². The summed E-state index contributed by atoms with van der Waals surface area (Å²) in [6, 6.07) is 9.18. The zero-order valence-corrected chi connectivity index (χ0v) is 16.0. The van der Waals surface area contributed by atoms with Gasteiger partial charge < -0.3 is 25.6 Å². The Morgan fingerprint density at radius 3 is 2.62 bits per heavy atom. The fourth-order valence-corrected chi connectivity index (χ4v) is 2.87. The number of hydrogen-bond acceptors (Lipinski definition) is 5. The Kier molecular flexibility index (Phi) is 7.34. The number of nitrogens with zero attached hydrogens (tertiary/aromatic N) is 2. The average molecular weight is 401 g/mol. The number of aromatic nitrogens is 1. The lowest BCUT2D eigenvalue weighted by molar-refractivity contribution is 0.0949. The summed E-state index contributed by atoms with van der Waals surface area (Å²) in [6.45, 7) is 3.72. The molecule has 1 saturated heterocycles. The lowest BCUT2D eigenvalue weighted by atomic mass is 10.2. The molecule has 1 aliphatic rings. The zero-order valence-electron chi connectivity index (χ0n) is 16.0. The number of pyridine rings is 1. The van der Waals surface area contributed by atoms with Crippen LogP contribution in [0.3, 0.4) is 0 Å². The van der Waals surface area contributed by atoms with Crippen molar-refractivity contribution >= 4 is 17.8 Å². The standard InChI is InChI=1S/C20H24FN5O3/c21-17-4-2-1-3-16(17)19(27)23-7-8-24-20(28)25-14-15-5-6-22-18(13-15)26-9-11-29-12-10-26/h1-6,13H,7-12,14H2,(H,23,27)(H2,24,25,28). The summed E-state index contributed by atoms with van der Waals surface area (Å²) in [4.78, 5) is 30.3. The van der Waals surface area contributed by atoms with Crippen molar-refractivity contribution in [3.8, 4) is 0 Å².